The van der Waals surface area contributed by atoms with E-state index >= 15 is 0 Å². The van der Waals surface area contributed by atoms with E-state index in [-0.39, 0.29) is 5.92 Å². The molecule has 110 valence electrons. The summed E-state index contributed by atoms with van der Waals surface area (Å²) < 4.78 is 7.10. The highest BCUT2D eigenvalue weighted by molar-refractivity contribution is 5.71. The summed E-state index contributed by atoms with van der Waals surface area (Å²) in [5.41, 5.74) is 4.13. The number of hydrogen-bond acceptors (Lipinski definition) is 3. The van der Waals surface area contributed by atoms with Crippen LogP contribution in [0.25, 0.3) is 5.69 Å². The third kappa shape index (κ3) is 2.39. The predicted molar refractivity (Wildman–Crippen MR) is 78.0 cm³/mol. The molecule has 21 heavy (non-hydrogen) atoms. The normalized spacial score (nSPS) is 17.3. The third-order valence-corrected chi connectivity index (χ3v) is 4.14. The summed E-state index contributed by atoms with van der Waals surface area (Å²) in [4.78, 5) is 11.2. The second kappa shape index (κ2) is 5.24. The summed E-state index contributed by atoms with van der Waals surface area (Å²) in [5.74, 6) is -0.190. The Morgan fingerprint density at radius 1 is 1.38 bits per heavy atom. The molecule has 2 aromatic rings. The predicted octanol–water partition coefficient (Wildman–Crippen LogP) is 2.38. The average molecular weight is 286 g/mol. The fraction of sp³-hybridized carbons (Fsp3) is 0.375. The van der Waals surface area contributed by atoms with Crippen molar-refractivity contribution in [1.29, 1.82) is 0 Å². The van der Waals surface area contributed by atoms with Crippen molar-refractivity contribution < 1.29 is 14.6 Å². The van der Waals surface area contributed by atoms with Gasteiger partial charge < -0.3 is 9.84 Å². The van der Waals surface area contributed by atoms with Gasteiger partial charge in [-0.05, 0) is 56.0 Å². The molecule has 1 N–H and O–H groups in total. The summed E-state index contributed by atoms with van der Waals surface area (Å²) in [7, 11) is 1.64. The molecule has 1 atom stereocenters. The zero-order chi connectivity index (χ0) is 15.0. The Bertz CT molecular complexity index is 674. The summed E-state index contributed by atoms with van der Waals surface area (Å²) in [6, 6.07) is 7.74. The molecule has 0 saturated carbocycles. The van der Waals surface area contributed by atoms with Gasteiger partial charge in [0.25, 0.3) is 0 Å². The lowest BCUT2D eigenvalue weighted by Gasteiger charge is -2.20. The number of carboxylic acid groups (broad SMARTS) is 1. The number of aryl methyl sites for hydroxylation is 1. The Kier molecular flexibility index (Phi) is 3.41. The molecule has 0 aliphatic heterocycles. The number of methoxy groups -OCH3 is 1. The zero-order valence-electron chi connectivity index (χ0n) is 12.2. The first-order chi connectivity index (χ1) is 10.1. The van der Waals surface area contributed by atoms with Gasteiger partial charge in [0.05, 0.1) is 24.4 Å². The van der Waals surface area contributed by atoms with E-state index in [4.69, 9.17) is 4.74 Å². The highest BCUT2D eigenvalue weighted by atomic mass is 16.5. The maximum atomic E-state index is 11.2. The van der Waals surface area contributed by atoms with Crippen molar-refractivity contribution in [1.82, 2.24) is 9.78 Å². The van der Waals surface area contributed by atoms with E-state index in [1.807, 2.05) is 35.9 Å². The highest BCUT2D eigenvalue weighted by Gasteiger charge is 2.29. The fourth-order valence-corrected chi connectivity index (χ4v) is 2.94. The lowest BCUT2D eigenvalue weighted by Crippen LogP contribution is -2.23. The van der Waals surface area contributed by atoms with Crippen LogP contribution in [0, 0.1) is 12.8 Å². The molecule has 3 rings (SSSR count). The topological polar surface area (TPSA) is 64.4 Å². The van der Waals surface area contributed by atoms with Crippen molar-refractivity contribution in [3.05, 3.63) is 41.2 Å². The van der Waals surface area contributed by atoms with Gasteiger partial charge >= 0.3 is 5.97 Å². The number of benzene rings is 1. The van der Waals surface area contributed by atoms with E-state index in [1.54, 1.807) is 7.11 Å². The van der Waals surface area contributed by atoms with Crippen LogP contribution in [0.5, 0.6) is 5.75 Å². The van der Waals surface area contributed by atoms with E-state index in [0.717, 1.165) is 34.8 Å². The van der Waals surface area contributed by atoms with Crippen LogP contribution >= 0.6 is 0 Å². The maximum Gasteiger partial charge on any atom is 0.306 e. The zero-order valence-corrected chi connectivity index (χ0v) is 12.2. The van der Waals surface area contributed by atoms with Gasteiger partial charge in [0, 0.05) is 5.69 Å². The summed E-state index contributed by atoms with van der Waals surface area (Å²) in [6.07, 6.45) is 2.00. The minimum atomic E-state index is -0.711. The van der Waals surface area contributed by atoms with Gasteiger partial charge in [-0.1, -0.05) is 0 Å². The number of rotatable bonds is 3. The van der Waals surface area contributed by atoms with Crippen LogP contribution in [0.1, 0.15) is 23.4 Å². The molecule has 0 fully saturated rings. The number of aliphatic carboxylic acids is 1. The number of carbonyl (C=O) groups is 1. The van der Waals surface area contributed by atoms with Crippen molar-refractivity contribution in [2.24, 2.45) is 5.92 Å². The molecule has 0 radical (unpaired) electrons. The van der Waals surface area contributed by atoms with E-state index in [1.165, 1.54) is 0 Å². The Morgan fingerprint density at radius 2 is 2.10 bits per heavy atom. The first-order valence-corrected chi connectivity index (χ1v) is 7.04. The van der Waals surface area contributed by atoms with Crippen LogP contribution in [-0.4, -0.2) is 28.0 Å². The van der Waals surface area contributed by atoms with Crippen molar-refractivity contribution in [2.75, 3.05) is 7.11 Å². The summed E-state index contributed by atoms with van der Waals surface area (Å²) >= 11 is 0. The van der Waals surface area contributed by atoms with E-state index in [9.17, 15) is 9.90 Å². The molecule has 1 aromatic heterocycles. The fourth-order valence-electron chi connectivity index (χ4n) is 2.94. The van der Waals surface area contributed by atoms with E-state index in [0.29, 0.717) is 12.8 Å². The molecular weight excluding hydrogens is 268 g/mol. The van der Waals surface area contributed by atoms with Crippen LogP contribution in [-0.2, 0) is 17.6 Å². The van der Waals surface area contributed by atoms with Gasteiger partial charge in [-0.2, -0.15) is 5.10 Å². The molecule has 1 aromatic carbocycles. The minimum Gasteiger partial charge on any atom is -0.497 e. The number of aromatic nitrogens is 2. The average Bonchev–Trinajstić information content (AvgIpc) is 2.84. The van der Waals surface area contributed by atoms with Gasteiger partial charge in [0.1, 0.15) is 5.75 Å². The van der Waals surface area contributed by atoms with E-state index < -0.39 is 5.97 Å². The molecule has 0 bridgehead atoms. The maximum absolute atomic E-state index is 11.2. The van der Waals surface area contributed by atoms with Crippen molar-refractivity contribution in [3.63, 3.8) is 0 Å². The standard InChI is InChI=1S/C16H18N2O3/c1-10-14-9-11(16(19)20)3-8-15(14)18(17-10)12-4-6-13(21-2)7-5-12/h4-7,11H,3,8-9H2,1-2H3,(H,19,20). The van der Waals surface area contributed by atoms with Gasteiger partial charge in [-0.25, -0.2) is 4.68 Å². The van der Waals surface area contributed by atoms with Crippen molar-refractivity contribution >= 4 is 5.97 Å². The smallest absolute Gasteiger partial charge is 0.306 e. The van der Waals surface area contributed by atoms with Crippen molar-refractivity contribution in [3.8, 4) is 11.4 Å². The monoisotopic (exact) mass is 286 g/mol. The van der Waals surface area contributed by atoms with Crippen molar-refractivity contribution in [2.45, 2.75) is 26.2 Å². The SMILES string of the molecule is COc1ccc(-n2nc(C)c3c2CCC(C(=O)O)C3)cc1. The molecule has 5 heteroatoms. The molecule has 1 heterocycles. The Hall–Kier alpha value is -2.30. The number of carboxylic acids is 1. The molecule has 5 nitrogen and oxygen atoms in total. The van der Waals surface area contributed by atoms with E-state index in [2.05, 4.69) is 5.10 Å². The molecule has 0 amide bonds. The van der Waals surface area contributed by atoms with Gasteiger partial charge in [0.15, 0.2) is 0 Å². The van der Waals surface area contributed by atoms with Crippen LogP contribution in [0.4, 0.5) is 0 Å². The minimum absolute atomic E-state index is 0.287. The number of ether oxygens (including phenoxy) is 1. The third-order valence-electron chi connectivity index (χ3n) is 4.14. The van der Waals surface area contributed by atoms with Crippen LogP contribution in [0.15, 0.2) is 24.3 Å². The first kappa shape index (κ1) is 13.7. The van der Waals surface area contributed by atoms with Crippen LogP contribution < -0.4 is 4.74 Å². The molecule has 0 saturated heterocycles. The number of fused-ring (bicyclic) bond motifs is 1. The van der Waals surface area contributed by atoms with Gasteiger partial charge in [-0.3, -0.25) is 4.79 Å². The molecule has 1 aliphatic rings. The first-order valence-electron chi connectivity index (χ1n) is 7.04. The highest BCUT2D eigenvalue weighted by Crippen LogP contribution is 2.30. The Morgan fingerprint density at radius 3 is 2.71 bits per heavy atom. The molecule has 0 spiro atoms. The Labute approximate surface area is 123 Å². The quantitative estimate of drug-likeness (QED) is 0.941. The van der Waals surface area contributed by atoms with Gasteiger partial charge in [-0.15, -0.1) is 0 Å². The Balaban J connectivity index is 1.98. The lowest BCUT2D eigenvalue weighted by molar-refractivity contribution is -0.142. The van der Waals surface area contributed by atoms with Crippen LogP contribution in [0.3, 0.4) is 0 Å². The molecule has 1 unspecified atom stereocenters. The second-order valence-electron chi connectivity index (χ2n) is 5.40. The molecular formula is C16H18N2O3. The summed E-state index contributed by atoms with van der Waals surface area (Å²) in [5, 5.41) is 13.8. The largest absolute Gasteiger partial charge is 0.497 e. The second-order valence-corrected chi connectivity index (χ2v) is 5.40. The molecule has 1 aliphatic carbocycles. The number of hydrogen-bond donors (Lipinski definition) is 1. The van der Waals surface area contributed by atoms with Gasteiger partial charge in [0.2, 0.25) is 0 Å². The number of nitrogens with zero attached hydrogens (tertiary/aromatic N) is 2. The van der Waals surface area contributed by atoms with Crippen LogP contribution in [0.2, 0.25) is 0 Å². The summed E-state index contributed by atoms with van der Waals surface area (Å²) in [6.45, 7) is 1.95. The lowest BCUT2D eigenvalue weighted by atomic mass is 9.86.